The first-order chi connectivity index (χ1) is 25.8. The minimum atomic E-state index is -0.210. The lowest BCUT2D eigenvalue weighted by Gasteiger charge is -2.17. The normalized spacial score (nSPS) is 13.6. The second kappa shape index (κ2) is 10.1. The van der Waals surface area contributed by atoms with E-state index in [1.807, 2.05) is 102 Å². The van der Waals surface area contributed by atoms with Gasteiger partial charge in [0.05, 0.1) is 19.3 Å². The van der Waals surface area contributed by atoms with Gasteiger partial charge in [0.2, 0.25) is 0 Å². The van der Waals surface area contributed by atoms with Crippen molar-refractivity contribution in [3.05, 3.63) is 170 Å². The summed E-state index contributed by atoms with van der Waals surface area (Å²) in [6.45, 7) is 0. The third-order valence-electron chi connectivity index (χ3n) is 9.24. The Kier molecular flexibility index (Phi) is 4.47. The number of hydrogen-bond acceptors (Lipinski definition) is 1. The molecule has 10 aromatic rings. The summed E-state index contributed by atoms with van der Waals surface area (Å²) in [6, 6.07) is 42.7. The van der Waals surface area contributed by atoms with Crippen LogP contribution in [0, 0.1) is 0 Å². The highest BCUT2D eigenvalue weighted by atomic mass is 15.1. The van der Waals surface area contributed by atoms with E-state index in [2.05, 4.69) is 30.3 Å². The lowest BCUT2D eigenvalue weighted by Crippen LogP contribution is -1.97. The molecule has 1 aromatic heterocycles. The number of aromatic nitrogens is 2. The van der Waals surface area contributed by atoms with Crippen molar-refractivity contribution in [2.45, 2.75) is 0 Å². The van der Waals surface area contributed by atoms with Gasteiger partial charge in [-0.2, -0.15) is 0 Å². The number of fused-ring (bicyclic) bond motifs is 2. The molecule has 0 spiro atoms. The number of imidazole rings is 1. The molecule has 0 bridgehead atoms. The highest BCUT2D eigenvalue weighted by Gasteiger charge is 2.17. The van der Waals surface area contributed by atoms with Crippen molar-refractivity contribution in [2.75, 3.05) is 0 Å². The van der Waals surface area contributed by atoms with Crippen molar-refractivity contribution in [1.82, 2.24) is 9.55 Å². The summed E-state index contributed by atoms with van der Waals surface area (Å²) < 4.78 is 57.7. The van der Waals surface area contributed by atoms with E-state index in [4.69, 9.17) is 6.35 Å². The Labute approximate surface area is 280 Å². The Hall–Kier alpha value is -6.25. The maximum absolute atomic E-state index is 9.40. The largest absolute Gasteiger partial charge is 0.292 e. The van der Waals surface area contributed by atoms with E-state index in [0.717, 1.165) is 54.6 Å². The lowest BCUT2D eigenvalue weighted by molar-refractivity contribution is 1.10. The smallest absolute Gasteiger partial charge is 0.145 e. The predicted octanol–water partition coefficient (Wildman–Crippen LogP) is 12.1. The minimum Gasteiger partial charge on any atom is -0.292 e. The third kappa shape index (κ3) is 4.02. The number of hydrogen-bond donors (Lipinski definition) is 0. The molecule has 47 heavy (non-hydrogen) atoms. The quantitative estimate of drug-likeness (QED) is 0.183. The van der Waals surface area contributed by atoms with Crippen LogP contribution in [0.25, 0.3) is 93.5 Å². The van der Waals surface area contributed by atoms with Crippen molar-refractivity contribution in [1.29, 1.82) is 0 Å². The van der Waals surface area contributed by atoms with Crippen molar-refractivity contribution >= 4 is 54.1 Å². The maximum Gasteiger partial charge on any atom is 0.145 e. The molecule has 0 saturated carbocycles. The molecule has 218 valence electrons. The third-order valence-corrected chi connectivity index (χ3v) is 9.24. The predicted molar refractivity (Wildman–Crippen MR) is 199 cm³/mol. The van der Waals surface area contributed by atoms with Crippen LogP contribution >= 0.6 is 0 Å². The average molecular weight is 603 g/mol. The Morgan fingerprint density at radius 1 is 0.447 bits per heavy atom. The molecule has 0 N–H and O–H groups in total. The number of benzene rings is 9. The lowest BCUT2D eigenvalue weighted by atomic mass is 9.87. The molecule has 0 radical (unpaired) electrons. The van der Waals surface area contributed by atoms with E-state index in [1.165, 1.54) is 0 Å². The van der Waals surface area contributed by atoms with Crippen LogP contribution in [-0.2, 0) is 0 Å². The van der Waals surface area contributed by atoms with Gasteiger partial charge >= 0.3 is 0 Å². The van der Waals surface area contributed by atoms with Crippen LogP contribution in [0.1, 0.15) is 8.22 Å². The van der Waals surface area contributed by atoms with Crippen LogP contribution in [0.4, 0.5) is 0 Å². The summed E-state index contributed by atoms with van der Waals surface area (Å²) in [7, 11) is 0. The molecule has 2 nitrogen and oxygen atoms in total. The van der Waals surface area contributed by atoms with Gasteiger partial charge < -0.3 is 0 Å². The van der Waals surface area contributed by atoms with Gasteiger partial charge in [-0.05, 0) is 95.7 Å². The van der Waals surface area contributed by atoms with Crippen molar-refractivity contribution in [2.24, 2.45) is 0 Å². The first-order valence-electron chi connectivity index (χ1n) is 18.6. The first kappa shape index (κ1) is 20.7. The molecule has 0 aliphatic heterocycles. The molecule has 0 saturated heterocycles. The zero-order chi connectivity index (χ0) is 36.1. The SMILES string of the molecule is [2H]c1c([2H])c(-c2nc3ccccc3n2-c2ccccc2)c([2H])c([2H])c1-c1cc([2H])c2ccc3c(-c4ccc5ccccc5c4)cc([2H])c4ccc1c2c43. The van der Waals surface area contributed by atoms with E-state index in [1.54, 1.807) is 6.07 Å². The summed E-state index contributed by atoms with van der Waals surface area (Å²) in [5.74, 6) is 0.321. The highest BCUT2D eigenvalue weighted by molar-refractivity contribution is 6.27. The van der Waals surface area contributed by atoms with E-state index in [-0.39, 0.29) is 41.3 Å². The molecule has 0 atom stereocenters. The Bertz CT molecular complexity index is 3100. The topological polar surface area (TPSA) is 17.8 Å². The molecule has 0 fully saturated rings. The van der Waals surface area contributed by atoms with E-state index >= 15 is 0 Å². The second-order valence-electron chi connectivity index (χ2n) is 11.9. The number of rotatable bonds is 4. The summed E-state index contributed by atoms with van der Waals surface area (Å²) in [5.41, 5.74) is 4.82. The molecule has 0 amide bonds. The van der Waals surface area contributed by atoms with Gasteiger partial charge in [0.25, 0.3) is 0 Å². The van der Waals surface area contributed by atoms with Crippen LogP contribution in [0.3, 0.4) is 0 Å². The first-order valence-corrected chi connectivity index (χ1v) is 15.6. The van der Waals surface area contributed by atoms with Gasteiger partial charge in [0.15, 0.2) is 0 Å². The fraction of sp³-hybridized carbons (Fsp3) is 0. The zero-order valence-corrected chi connectivity index (χ0v) is 25.1. The monoisotopic (exact) mass is 602 g/mol. The van der Waals surface area contributed by atoms with E-state index in [9.17, 15) is 6.85 Å². The Balaban J connectivity index is 1.24. The van der Waals surface area contributed by atoms with Crippen LogP contribution in [0.15, 0.2) is 170 Å². The number of nitrogens with zero attached hydrogens (tertiary/aromatic N) is 2. The van der Waals surface area contributed by atoms with Crippen molar-refractivity contribution in [3.63, 3.8) is 0 Å². The molecular formula is C45H28N2. The van der Waals surface area contributed by atoms with Crippen molar-refractivity contribution < 1.29 is 8.22 Å². The van der Waals surface area contributed by atoms with E-state index in [0.29, 0.717) is 33.7 Å². The standard InChI is InChI=1S/C45H28N2/c1-2-10-36(11-3-1)47-42-13-7-6-12-41(42)46-45(47)33-17-15-30(16-18-33)37-24-20-31-23-27-40-38(25-21-32-22-26-39(37)43(31)44(32)40)35-19-14-29-8-4-5-9-34(29)28-35/h1-28H/i15D,16D,17D,18D,20D,21D. The molecule has 10 rings (SSSR count). The summed E-state index contributed by atoms with van der Waals surface area (Å²) in [4.78, 5) is 4.85. The van der Waals surface area contributed by atoms with Crippen molar-refractivity contribution in [3.8, 4) is 39.3 Å². The van der Waals surface area contributed by atoms with Crippen LogP contribution in [-0.4, -0.2) is 9.55 Å². The van der Waals surface area contributed by atoms with Gasteiger partial charge in [0, 0.05) is 11.3 Å². The fourth-order valence-electron chi connectivity index (χ4n) is 7.03. The zero-order valence-electron chi connectivity index (χ0n) is 31.1. The fourth-order valence-corrected chi connectivity index (χ4v) is 7.03. The minimum absolute atomic E-state index is 0.103. The van der Waals surface area contributed by atoms with Gasteiger partial charge in [-0.15, -0.1) is 0 Å². The van der Waals surface area contributed by atoms with Gasteiger partial charge in [-0.3, -0.25) is 4.57 Å². The van der Waals surface area contributed by atoms with Crippen LogP contribution in [0.5, 0.6) is 0 Å². The Morgan fingerprint density at radius 2 is 1.04 bits per heavy atom. The average Bonchev–Trinajstić information content (AvgIpc) is 3.57. The Morgan fingerprint density at radius 3 is 1.79 bits per heavy atom. The number of para-hydroxylation sites is 3. The van der Waals surface area contributed by atoms with Gasteiger partial charge in [-0.25, -0.2) is 4.98 Å². The van der Waals surface area contributed by atoms with Crippen LogP contribution in [0.2, 0.25) is 0 Å². The summed E-state index contributed by atoms with van der Waals surface area (Å²) >= 11 is 0. The van der Waals surface area contributed by atoms with Crippen LogP contribution < -0.4 is 0 Å². The van der Waals surface area contributed by atoms with E-state index < -0.39 is 0 Å². The van der Waals surface area contributed by atoms with Gasteiger partial charge in [0.1, 0.15) is 5.82 Å². The van der Waals surface area contributed by atoms with Gasteiger partial charge in [-0.1, -0.05) is 139 Å². The molecule has 0 aliphatic rings. The molecule has 0 aliphatic carbocycles. The molecule has 2 heteroatoms. The summed E-state index contributed by atoms with van der Waals surface area (Å²) in [6.07, 6.45) is 0. The molecule has 0 unspecified atom stereocenters. The summed E-state index contributed by atoms with van der Waals surface area (Å²) in [5, 5.41) is 6.93. The maximum atomic E-state index is 9.40. The molecule has 1 heterocycles. The second-order valence-corrected chi connectivity index (χ2v) is 11.9. The molecule has 9 aromatic carbocycles. The highest BCUT2D eigenvalue weighted by Crippen LogP contribution is 2.43. The molecular weight excluding hydrogens is 569 g/mol.